The summed E-state index contributed by atoms with van der Waals surface area (Å²) < 4.78 is 0. The molecule has 0 saturated carbocycles. The lowest BCUT2D eigenvalue weighted by Gasteiger charge is -2.29. The van der Waals surface area contributed by atoms with Gasteiger partial charge < -0.3 is 20.4 Å². The number of amides is 2. The molecule has 3 N–H and O–H groups in total. The van der Waals surface area contributed by atoms with E-state index in [1.54, 1.807) is 4.90 Å². The Morgan fingerprint density at radius 2 is 2.05 bits per heavy atom. The fourth-order valence-corrected chi connectivity index (χ4v) is 2.67. The minimum Gasteiger partial charge on any atom is -0.481 e. The summed E-state index contributed by atoms with van der Waals surface area (Å²) in [6, 6.07) is -0.799. The number of aliphatic hydroxyl groups is 1. The number of carbonyl (C=O) groups excluding carboxylic acids is 1. The number of nitrogens with one attached hydrogen (secondary N) is 1. The fourth-order valence-electron chi connectivity index (χ4n) is 2.67. The van der Waals surface area contributed by atoms with Crippen molar-refractivity contribution in [1.82, 2.24) is 10.2 Å². The zero-order chi connectivity index (χ0) is 15.3. The van der Waals surface area contributed by atoms with E-state index >= 15 is 0 Å². The van der Waals surface area contributed by atoms with Crippen LogP contribution in [0.15, 0.2) is 0 Å². The Morgan fingerprint density at radius 1 is 1.40 bits per heavy atom. The van der Waals surface area contributed by atoms with Crippen LogP contribution in [0.25, 0.3) is 0 Å². The number of hydrogen-bond acceptors (Lipinski definition) is 3. The van der Waals surface area contributed by atoms with E-state index in [4.69, 9.17) is 5.11 Å². The summed E-state index contributed by atoms with van der Waals surface area (Å²) in [4.78, 5) is 24.7. The normalized spacial score (nSPS) is 20.8. The first kappa shape index (κ1) is 16.8. The van der Waals surface area contributed by atoms with Crippen LogP contribution in [0.3, 0.4) is 0 Å². The van der Waals surface area contributed by atoms with Crippen molar-refractivity contribution in [3.8, 4) is 0 Å². The van der Waals surface area contributed by atoms with Crippen molar-refractivity contribution in [1.29, 1.82) is 0 Å². The molecule has 20 heavy (non-hydrogen) atoms. The van der Waals surface area contributed by atoms with Crippen molar-refractivity contribution in [2.24, 2.45) is 5.41 Å². The molecule has 1 saturated heterocycles. The number of hydrogen-bond donors (Lipinski definition) is 3. The third-order valence-electron chi connectivity index (χ3n) is 3.46. The van der Waals surface area contributed by atoms with Gasteiger partial charge in [0.2, 0.25) is 0 Å². The van der Waals surface area contributed by atoms with Crippen molar-refractivity contribution in [3.63, 3.8) is 0 Å². The van der Waals surface area contributed by atoms with Crippen molar-refractivity contribution < 1.29 is 19.8 Å². The van der Waals surface area contributed by atoms with Gasteiger partial charge in [-0.15, -0.1) is 0 Å². The highest BCUT2D eigenvalue weighted by atomic mass is 16.4. The summed E-state index contributed by atoms with van der Waals surface area (Å²) >= 11 is 0. The maximum Gasteiger partial charge on any atom is 0.317 e. The van der Waals surface area contributed by atoms with Gasteiger partial charge in [-0.3, -0.25) is 4.79 Å². The standard InChI is InChI=1S/C14H26N2O4/c1-14(2,3)8-10(7-12(18)19)15-13(20)16-6-4-5-11(16)9-17/h10-11,17H,4-9H2,1-3H3,(H,15,20)(H,18,19). The van der Waals surface area contributed by atoms with Crippen LogP contribution in [-0.4, -0.2) is 52.3 Å². The maximum absolute atomic E-state index is 12.2. The lowest BCUT2D eigenvalue weighted by molar-refractivity contribution is -0.137. The molecule has 2 atom stereocenters. The second-order valence-corrected chi connectivity index (χ2v) is 6.68. The quantitative estimate of drug-likeness (QED) is 0.713. The van der Waals surface area contributed by atoms with E-state index in [2.05, 4.69) is 5.32 Å². The molecule has 0 aromatic carbocycles. The van der Waals surface area contributed by atoms with E-state index < -0.39 is 5.97 Å². The lowest BCUT2D eigenvalue weighted by atomic mass is 9.87. The summed E-state index contributed by atoms with van der Waals surface area (Å²) in [6.07, 6.45) is 2.19. The van der Waals surface area contributed by atoms with Crippen LogP contribution in [0.4, 0.5) is 4.79 Å². The number of urea groups is 1. The van der Waals surface area contributed by atoms with Gasteiger partial charge in [0.05, 0.1) is 19.1 Å². The van der Waals surface area contributed by atoms with E-state index in [1.165, 1.54) is 0 Å². The van der Waals surface area contributed by atoms with Gasteiger partial charge in [0.25, 0.3) is 0 Å². The van der Waals surface area contributed by atoms with Crippen molar-refractivity contribution in [2.75, 3.05) is 13.2 Å². The molecule has 0 bridgehead atoms. The predicted octanol–water partition coefficient (Wildman–Crippen LogP) is 1.43. The molecule has 2 amide bonds. The summed E-state index contributed by atoms with van der Waals surface area (Å²) in [7, 11) is 0. The van der Waals surface area contributed by atoms with Gasteiger partial charge >= 0.3 is 12.0 Å². The topological polar surface area (TPSA) is 89.9 Å². The second kappa shape index (κ2) is 6.92. The van der Waals surface area contributed by atoms with Crippen LogP contribution >= 0.6 is 0 Å². The molecule has 6 nitrogen and oxygen atoms in total. The van der Waals surface area contributed by atoms with Crippen LogP contribution < -0.4 is 5.32 Å². The number of rotatable bonds is 5. The smallest absolute Gasteiger partial charge is 0.317 e. The molecule has 1 rings (SSSR count). The van der Waals surface area contributed by atoms with Gasteiger partial charge in [0, 0.05) is 12.6 Å². The Kier molecular flexibility index (Phi) is 5.80. The Morgan fingerprint density at radius 3 is 2.55 bits per heavy atom. The Bertz CT molecular complexity index is 352. The summed E-state index contributed by atoms with van der Waals surface area (Å²) in [5.74, 6) is -0.917. The minimum atomic E-state index is -0.917. The van der Waals surface area contributed by atoms with Crippen molar-refractivity contribution in [3.05, 3.63) is 0 Å². The van der Waals surface area contributed by atoms with Gasteiger partial charge in [0.1, 0.15) is 0 Å². The highest BCUT2D eigenvalue weighted by Crippen LogP contribution is 2.23. The Labute approximate surface area is 120 Å². The second-order valence-electron chi connectivity index (χ2n) is 6.68. The Hall–Kier alpha value is -1.30. The molecule has 2 unspecified atom stereocenters. The number of likely N-dealkylation sites (tertiary alicyclic amines) is 1. The number of aliphatic hydroxyl groups excluding tert-OH is 1. The summed E-state index contributed by atoms with van der Waals surface area (Å²) in [5, 5.41) is 21.0. The average molecular weight is 286 g/mol. The van der Waals surface area contributed by atoms with Crippen LogP contribution in [0.2, 0.25) is 0 Å². The first-order valence-electron chi connectivity index (χ1n) is 7.12. The van der Waals surface area contributed by atoms with Crippen LogP contribution in [0.5, 0.6) is 0 Å². The number of nitrogens with zero attached hydrogens (tertiary/aromatic N) is 1. The Balaban J connectivity index is 2.63. The van der Waals surface area contributed by atoms with Crippen LogP contribution in [0, 0.1) is 5.41 Å². The molecular formula is C14H26N2O4. The summed E-state index contributed by atoms with van der Waals surface area (Å²) in [6.45, 7) is 6.61. The molecule has 0 spiro atoms. The fraction of sp³-hybridized carbons (Fsp3) is 0.857. The number of carboxylic acid groups (broad SMARTS) is 1. The average Bonchev–Trinajstić information content (AvgIpc) is 2.73. The number of carbonyl (C=O) groups is 2. The van der Waals surface area contributed by atoms with Gasteiger partial charge in [0.15, 0.2) is 0 Å². The molecule has 1 aliphatic rings. The molecule has 0 aromatic rings. The van der Waals surface area contributed by atoms with Gasteiger partial charge in [-0.05, 0) is 24.7 Å². The first-order valence-corrected chi connectivity index (χ1v) is 7.12. The number of carboxylic acids is 1. The molecular weight excluding hydrogens is 260 g/mol. The van der Waals surface area contributed by atoms with Crippen molar-refractivity contribution >= 4 is 12.0 Å². The first-order chi connectivity index (χ1) is 9.23. The van der Waals surface area contributed by atoms with Gasteiger partial charge in [-0.1, -0.05) is 20.8 Å². The van der Waals surface area contributed by atoms with Gasteiger partial charge in [-0.25, -0.2) is 4.79 Å². The molecule has 116 valence electrons. The molecule has 1 fully saturated rings. The van der Waals surface area contributed by atoms with Gasteiger partial charge in [-0.2, -0.15) is 0 Å². The zero-order valence-corrected chi connectivity index (χ0v) is 12.6. The highest BCUT2D eigenvalue weighted by molar-refractivity contribution is 5.76. The zero-order valence-electron chi connectivity index (χ0n) is 12.6. The predicted molar refractivity (Wildman–Crippen MR) is 75.5 cm³/mol. The van der Waals surface area contributed by atoms with E-state index in [0.717, 1.165) is 12.8 Å². The molecule has 0 aromatic heterocycles. The number of aliphatic carboxylic acids is 1. The van der Waals surface area contributed by atoms with E-state index in [1.807, 2.05) is 20.8 Å². The van der Waals surface area contributed by atoms with E-state index in [9.17, 15) is 14.7 Å². The molecule has 0 aliphatic carbocycles. The lowest BCUT2D eigenvalue weighted by Crippen LogP contribution is -2.49. The minimum absolute atomic E-state index is 0.0453. The van der Waals surface area contributed by atoms with Crippen molar-refractivity contribution in [2.45, 2.75) is 58.5 Å². The summed E-state index contributed by atoms with van der Waals surface area (Å²) in [5.41, 5.74) is -0.0607. The third kappa shape index (κ3) is 5.36. The monoisotopic (exact) mass is 286 g/mol. The highest BCUT2D eigenvalue weighted by Gasteiger charge is 2.30. The maximum atomic E-state index is 12.2. The molecule has 1 heterocycles. The van der Waals surface area contributed by atoms with Crippen LogP contribution in [0.1, 0.15) is 46.5 Å². The molecule has 0 radical (unpaired) electrons. The SMILES string of the molecule is CC(C)(C)CC(CC(=O)O)NC(=O)N1CCCC1CO. The molecule has 6 heteroatoms. The molecule has 1 aliphatic heterocycles. The largest absolute Gasteiger partial charge is 0.481 e. The third-order valence-corrected chi connectivity index (χ3v) is 3.46. The van der Waals surface area contributed by atoms with Crippen LogP contribution in [-0.2, 0) is 4.79 Å². The van der Waals surface area contributed by atoms with E-state index in [-0.39, 0.29) is 36.6 Å². The van der Waals surface area contributed by atoms with E-state index in [0.29, 0.717) is 13.0 Å².